The molecule has 4 aromatic rings. The van der Waals surface area contributed by atoms with Gasteiger partial charge in [-0.3, -0.25) is 14.7 Å². The summed E-state index contributed by atoms with van der Waals surface area (Å²) in [5.74, 6) is 0.161. The molecule has 3 heterocycles. The Kier molecular flexibility index (Phi) is 4.86. The summed E-state index contributed by atoms with van der Waals surface area (Å²) in [4.78, 5) is 33.8. The van der Waals surface area contributed by atoms with Crippen LogP contribution >= 0.6 is 0 Å². The van der Waals surface area contributed by atoms with Crippen LogP contribution in [-0.2, 0) is 6.42 Å². The second kappa shape index (κ2) is 7.72. The molecule has 5 rings (SSSR count). The molecular formula is C24H24N4O4. The van der Waals surface area contributed by atoms with E-state index in [9.17, 15) is 14.7 Å². The number of hydrogen-bond acceptors (Lipinski definition) is 5. The van der Waals surface area contributed by atoms with Gasteiger partial charge in [0.2, 0.25) is 5.88 Å². The van der Waals surface area contributed by atoms with Gasteiger partial charge in [0.05, 0.1) is 18.8 Å². The highest BCUT2D eigenvalue weighted by Gasteiger charge is 2.35. The Morgan fingerprint density at radius 1 is 1.12 bits per heavy atom. The maximum Gasteiger partial charge on any atom is 0.335 e. The number of fused-ring (bicyclic) bond motifs is 3. The van der Waals surface area contributed by atoms with Crippen LogP contribution in [0.2, 0.25) is 0 Å². The highest BCUT2D eigenvalue weighted by atomic mass is 16.5. The summed E-state index contributed by atoms with van der Waals surface area (Å²) in [6.07, 6.45) is 0.831. The fourth-order valence-electron chi connectivity index (χ4n) is 4.73. The van der Waals surface area contributed by atoms with Crippen LogP contribution < -0.4 is 16.0 Å². The molecule has 1 atom stereocenters. The molecule has 0 radical (unpaired) electrons. The van der Waals surface area contributed by atoms with Crippen LogP contribution in [0.1, 0.15) is 29.8 Å². The Hall–Kier alpha value is -3.78. The van der Waals surface area contributed by atoms with Crippen LogP contribution in [0.3, 0.4) is 0 Å². The van der Waals surface area contributed by atoms with Gasteiger partial charge >= 0.3 is 5.69 Å². The summed E-state index contributed by atoms with van der Waals surface area (Å²) < 4.78 is 6.37. The molecule has 32 heavy (non-hydrogen) atoms. The van der Waals surface area contributed by atoms with Crippen molar-refractivity contribution < 1.29 is 9.84 Å². The molecule has 8 heteroatoms. The van der Waals surface area contributed by atoms with Crippen molar-refractivity contribution >= 4 is 10.9 Å². The minimum atomic E-state index is -0.708. The summed E-state index contributed by atoms with van der Waals surface area (Å²) in [7, 11) is 1.53. The lowest BCUT2D eigenvalue weighted by Crippen LogP contribution is -2.41. The number of aromatic hydroxyl groups is 1. The number of hydrogen-bond donors (Lipinski definition) is 3. The number of aromatic amines is 2. The lowest BCUT2D eigenvalue weighted by molar-refractivity contribution is 0.215. The van der Waals surface area contributed by atoms with E-state index in [-0.39, 0.29) is 11.4 Å². The Morgan fingerprint density at radius 2 is 1.94 bits per heavy atom. The third kappa shape index (κ3) is 3.03. The van der Waals surface area contributed by atoms with E-state index in [0.717, 1.165) is 39.7 Å². The first-order chi connectivity index (χ1) is 15.5. The van der Waals surface area contributed by atoms with E-state index in [2.05, 4.69) is 20.9 Å². The molecule has 2 aromatic carbocycles. The summed E-state index contributed by atoms with van der Waals surface area (Å²) >= 11 is 0. The van der Waals surface area contributed by atoms with Gasteiger partial charge in [-0.2, -0.15) is 0 Å². The number of H-pyrrole nitrogens is 2. The molecule has 1 aliphatic rings. The van der Waals surface area contributed by atoms with Crippen molar-refractivity contribution in [2.75, 3.05) is 20.2 Å². The van der Waals surface area contributed by atoms with E-state index in [1.807, 2.05) is 25.1 Å². The van der Waals surface area contributed by atoms with E-state index < -0.39 is 17.3 Å². The van der Waals surface area contributed by atoms with Crippen molar-refractivity contribution in [1.82, 2.24) is 19.4 Å². The molecule has 3 N–H and O–H groups in total. The number of ether oxygens (including phenoxy) is 1. The average molecular weight is 432 g/mol. The number of para-hydroxylation sites is 1. The van der Waals surface area contributed by atoms with Crippen molar-refractivity contribution in [3.8, 4) is 17.3 Å². The van der Waals surface area contributed by atoms with Crippen molar-refractivity contribution in [1.29, 1.82) is 0 Å². The van der Waals surface area contributed by atoms with Gasteiger partial charge in [-0.1, -0.05) is 31.2 Å². The molecule has 8 nitrogen and oxygen atoms in total. The summed E-state index contributed by atoms with van der Waals surface area (Å²) in [5, 5.41) is 12.4. The predicted molar refractivity (Wildman–Crippen MR) is 122 cm³/mol. The lowest BCUT2D eigenvalue weighted by atomic mass is 9.93. The van der Waals surface area contributed by atoms with Crippen LogP contribution in [0.5, 0.6) is 11.6 Å². The molecule has 164 valence electrons. The number of aromatic nitrogens is 3. The third-order valence-electron chi connectivity index (χ3n) is 6.25. The first-order valence-electron chi connectivity index (χ1n) is 10.6. The number of likely N-dealkylation sites (N-methyl/N-ethyl adjacent to an activating group) is 1. The number of methoxy groups -OCH3 is 1. The number of benzene rings is 2. The summed E-state index contributed by atoms with van der Waals surface area (Å²) in [6.45, 7) is 3.42. The lowest BCUT2D eigenvalue weighted by Gasteiger charge is -2.35. The average Bonchev–Trinajstić information content (AvgIpc) is 3.18. The van der Waals surface area contributed by atoms with E-state index in [1.54, 1.807) is 24.3 Å². The number of rotatable bonds is 4. The second-order valence-corrected chi connectivity index (χ2v) is 7.88. The highest BCUT2D eigenvalue weighted by molar-refractivity contribution is 5.85. The Labute approximate surface area is 183 Å². The zero-order valence-electron chi connectivity index (χ0n) is 17.9. The van der Waals surface area contributed by atoms with Crippen LogP contribution in [0.15, 0.2) is 58.1 Å². The van der Waals surface area contributed by atoms with E-state index >= 15 is 0 Å². The molecule has 0 aliphatic carbocycles. The van der Waals surface area contributed by atoms with E-state index in [1.165, 1.54) is 7.11 Å². The first-order valence-corrected chi connectivity index (χ1v) is 10.6. The standard InChI is InChI=1S/C24H24N4O4/c1-3-27-12-11-17-16-9-4-5-10-18(16)25-20(17)21(27)19-22(29)26-24(31)28(23(19)30)14-7-6-8-15(13-14)32-2/h4-10,13,21,25,30H,3,11-12H2,1-2H3,(H,26,29,31). The van der Waals surface area contributed by atoms with Crippen LogP contribution in [-0.4, -0.2) is 44.7 Å². The fourth-order valence-corrected chi connectivity index (χ4v) is 4.73. The van der Waals surface area contributed by atoms with E-state index in [4.69, 9.17) is 4.74 Å². The van der Waals surface area contributed by atoms with Gasteiger partial charge in [-0.15, -0.1) is 0 Å². The number of nitrogens with zero attached hydrogens (tertiary/aromatic N) is 2. The van der Waals surface area contributed by atoms with Gasteiger partial charge in [-0.25, -0.2) is 9.36 Å². The normalized spacial score (nSPS) is 16.2. The first kappa shape index (κ1) is 20.1. The van der Waals surface area contributed by atoms with Crippen molar-refractivity contribution in [2.45, 2.75) is 19.4 Å². The van der Waals surface area contributed by atoms with Gasteiger partial charge < -0.3 is 14.8 Å². The van der Waals surface area contributed by atoms with Crippen LogP contribution in [0.25, 0.3) is 16.6 Å². The zero-order chi connectivity index (χ0) is 22.4. The van der Waals surface area contributed by atoms with Gasteiger partial charge in [0.15, 0.2) is 0 Å². The SMILES string of the molecule is CCN1CCc2c([nH]c3ccccc23)C1c1c(O)n(-c2cccc(OC)c2)c(=O)[nH]c1=O. The minimum absolute atomic E-state index is 0.141. The topological polar surface area (TPSA) is 103 Å². The molecule has 1 unspecified atom stereocenters. The molecule has 0 saturated heterocycles. The Balaban J connectivity index is 1.78. The van der Waals surface area contributed by atoms with Gasteiger partial charge in [-0.05, 0) is 36.7 Å². The Bertz CT molecular complexity index is 1430. The van der Waals surface area contributed by atoms with Gasteiger partial charge in [0.25, 0.3) is 5.56 Å². The second-order valence-electron chi connectivity index (χ2n) is 7.88. The maximum absolute atomic E-state index is 13.1. The number of nitrogens with one attached hydrogen (secondary N) is 2. The quantitative estimate of drug-likeness (QED) is 0.460. The van der Waals surface area contributed by atoms with Crippen molar-refractivity contribution in [3.63, 3.8) is 0 Å². The van der Waals surface area contributed by atoms with Crippen molar-refractivity contribution in [3.05, 3.63) is 86.2 Å². The van der Waals surface area contributed by atoms with Gasteiger partial charge in [0.1, 0.15) is 11.3 Å². The molecule has 0 fully saturated rings. The predicted octanol–water partition coefficient (Wildman–Crippen LogP) is 2.69. The van der Waals surface area contributed by atoms with Gasteiger partial charge in [0, 0.05) is 29.2 Å². The molecule has 2 aromatic heterocycles. The van der Waals surface area contributed by atoms with Crippen molar-refractivity contribution in [2.24, 2.45) is 0 Å². The van der Waals surface area contributed by atoms with Crippen LogP contribution in [0, 0.1) is 0 Å². The zero-order valence-corrected chi connectivity index (χ0v) is 17.9. The smallest absolute Gasteiger partial charge is 0.335 e. The minimum Gasteiger partial charge on any atom is -0.497 e. The monoisotopic (exact) mass is 432 g/mol. The van der Waals surface area contributed by atoms with Crippen LogP contribution in [0.4, 0.5) is 0 Å². The Morgan fingerprint density at radius 3 is 2.72 bits per heavy atom. The molecule has 0 bridgehead atoms. The molecule has 0 saturated carbocycles. The molecule has 0 amide bonds. The summed E-state index contributed by atoms with van der Waals surface area (Å²) in [6, 6.07) is 14.3. The fraction of sp³-hybridized carbons (Fsp3) is 0.250. The van der Waals surface area contributed by atoms with E-state index in [0.29, 0.717) is 18.0 Å². The maximum atomic E-state index is 13.1. The molecule has 0 spiro atoms. The molecule has 1 aliphatic heterocycles. The molecular weight excluding hydrogens is 408 g/mol. The highest BCUT2D eigenvalue weighted by Crippen LogP contribution is 2.39. The summed E-state index contributed by atoms with van der Waals surface area (Å²) in [5.41, 5.74) is 2.23. The largest absolute Gasteiger partial charge is 0.497 e. The third-order valence-corrected chi connectivity index (χ3v) is 6.25.